The van der Waals surface area contributed by atoms with Crippen molar-refractivity contribution in [1.82, 2.24) is 5.32 Å². The van der Waals surface area contributed by atoms with Gasteiger partial charge in [0.05, 0.1) is 26.4 Å². The molecular weight excluding hydrogens is 466 g/mol. The minimum absolute atomic E-state index is 0.0169. The zero-order valence-electron chi connectivity index (χ0n) is 20.4. The first-order valence-corrected chi connectivity index (χ1v) is 12.1. The van der Waals surface area contributed by atoms with Crippen LogP contribution in [0.15, 0.2) is 65.0 Å². The molecule has 2 aromatic carbocycles. The molecule has 1 aliphatic heterocycles. The van der Waals surface area contributed by atoms with Crippen molar-refractivity contribution in [2.45, 2.75) is 44.9 Å². The molecule has 1 aliphatic carbocycles. The highest BCUT2D eigenvalue weighted by atomic mass is 35.5. The Hall–Kier alpha value is -3.25. The van der Waals surface area contributed by atoms with Gasteiger partial charge in [-0.25, -0.2) is 4.79 Å². The van der Waals surface area contributed by atoms with Gasteiger partial charge in [0.15, 0.2) is 17.3 Å². The third-order valence-electron chi connectivity index (χ3n) is 6.58. The van der Waals surface area contributed by atoms with Gasteiger partial charge in [-0.1, -0.05) is 42.8 Å². The Bertz CT molecular complexity index is 1220. The summed E-state index contributed by atoms with van der Waals surface area (Å²) in [5, 5.41) is 3.87. The predicted octanol–water partition coefficient (Wildman–Crippen LogP) is 5.67. The van der Waals surface area contributed by atoms with Gasteiger partial charge in [-0.2, -0.15) is 0 Å². The van der Waals surface area contributed by atoms with Crippen molar-refractivity contribution in [2.75, 3.05) is 20.8 Å². The number of methoxy groups -OCH3 is 2. The summed E-state index contributed by atoms with van der Waals surface area (Å²) in [6.07, 6.45) is 1.64. The number of carbonyl (C=O) groups excluding carboxylic acids is 2. The normalized spacial score (nSPS) is 19.7. The maximum Gasteiger partial charge on any atom is 0.336 e. The van der Waals surface area contributed by atoms with Crippen LogP contribution in [0, 0.1) is 0 Å². The average Bonchev–Trinajstić information content (AvgIpc) is 2.86. The molecule has 2 aromatic rings. The van der Waals surface area contributed by atoms with Crippen LogP contribution in [0.5, 0.6) is 11.5 Å². The Morgan fingerprint density at radius 3 is 2.51 bits per heavy atom. The number of benzene rings is 2. The van der Waals surface area contributed by atoms with Crippen molar-refractivity contribution in [2.24, 2.45) is 0 Å². The van der Waals surface area contributed by atoms with Crippen LogP contribution in [0.2, 0.25) is 5.02 Å². The number of hydrogen-bond acceptors (Lipinski definition) is 6. The van der Waals surface area contributed by atoms with E-state index in [9.17, 15) is 9.59 Å². The van der Waals surface area contributed by atoms with E-state index in [0.29, 0.717) is 59.2 Å². The smallest absolute Gasteiger partial charge is 0.336 e. The molecule has 184 valence electrons. The molecule has 0 radical (unpaired) electrons. The third-order valence-corrected chi connectivity index (χ3v) is 6.92. The van der Waals surface area contributed by atoms with Crippen molar-refractivity contribution in [3.05, 3.63) is 81.2 Å². The van der Waals surface area contributed by atoms with Gasteiger partial charge in [0.25, 0.3) is 0 Å². The summed E-state index contributed by atoms with van der Waals surface area (Å²) in [6.45, 7) is 4.10. The van der Waals surface area contributed by atoms with E-state index < -0.39 is 11.9 Å². The molecule has 2 atom stereocenters. The lowest BCUT2D eigenvalue weighted by Gasteiger charge is -2.37. The van der Waals surface area contributed by atoms with E-state index in [2.05, 4.69) is 5.32 Å². The van der Waals surface area contributed by atoms with Gasteiger partial charge in [-0.05, 0) is 55.0 Å². The van der Waals surface area contributed by atoms with Crippen LogP contribution in [0.3, 0.4) is 0 Å². The quantitative estimate of drug-likeness (QED) is 0.499. The highest BCUT2D eigenvalue weighted by Crippen LogP contribution is 2.47. The molecule has 0 unspecified atom stereocenters. The molecule has 4 rings (SSSR count). The van der Waals surface area contributed by atoms with Gasteiger partial charge in [0, 0.05) is 34.3 Å². The fourth-order valence-electron chi connectivity index (χ4n) is 4.94. The molecule has 2 aliphatic rings. The Balaban J connectivity index is 1.77. The minimum Gasteiger partial charge on any atom is -0.493 e. The number of nitrogens with one attached hydrogen (secondary N) is 1. The third kappa shape index (κ3) is 4.80. The first-order chi connectivity index (χ1) is 16.9. The molecule has 0 saturated heterocycles. The second-order valence-electron chi connectivity index (χ2n) is 8.79. The average molecular weight is 496 g/mol. The number of Topliss-reactive ketones (excluding diaryl/α,β-unsaturated/α-hetero) is 1. The summed E-state index contributed by atoms with van der Waals surface area (Å²) in [4.78, 5) is 26.8. The van der Waals surface area contributed by atoms with Crippen LogP contribution in [-0.2, 0) is 14.3 Å². The van der Waals surface area contributed by atoms with Gasteiger partial charge in [-0.3, -0.25) is 4.79 Å². The standard InChI is InChI=1S/C28H30ClNO5/c1-5-12-35-28(32)25-16(2)30-21-13-18(17-10-11-23(33-3)24(15-17)34-4)14-22(31)27(21)26(25)19-8-6-7-9-20(19)29/h6-11,15,18,26,30H,5,12-14H2,1-4H3/t18-,26-/m0/s1. The van der Waals surface area contributed by atoms with Crippen LogP contribution in [0.4, 0.5) is 0 Å². The Morgan fingerprint density at radius 1 is 1.09 bits per heavy atom. The van der Waals surface area contributed by atoms with E-state index in [0.717, 1.165) is 16.8 Å². The Morgan fingerprint density at radius 2 is 1.83 bits per heavy atom. The minimum atomic E-state index is -0.580. The summed E-state index contributed by atoms with van der Waals surface area (Å²) < 4.78 is 16.3. The van der Waals surface area contributed by atoms with E-state index in [1.54, 1.807) is 20.3 Å². The van der Waals surface area contributed by atoms with Gasteiger partial charge >= 0.3 is 5.97 Å². The van der Waals surface area contributed by atoms with Crippen LogP contribution < -0.4 is 14.8 Å². The maximum absolute atomic E-state index is 13.7. The van der Waals surface area contributed by atoms with Crippen molar-refractivity contribution in [3.63, 3.8) is 0 Å². The molecule has 1 N–H and O–H groups in total. The first kappa shape index (κ1) is 24.9. The number of ether oxygens (including phenoxy) is 3. The SMILES string of the molecule is CCCOC(=O)C1=C(C)NC2=C(C(=O)C[C@@H](c3ccc(OC)c(OC)c3)C2)[C@H]1c1ccccc1Cl. The number of dihydropyridines is 1. The summed E-state index contributed by atoms with van der Waals surface area (Å²) >= 11 is 6.59. The van der Waals surface area contributed by atoms with E-state index in [4.69, 9.17) is 25.8 Å². The number of halogens is 1. The van der Waals surface area contributed by atoms with Crippen LogP contribution in [0.1, 0.15) is 56.1 Å². The van der Waals surface area contributed by atoms with Crippen molar-refractivity contribution in [1.29, 1.82) is 0 Å². The van der Waals surface area contributed by atoms with E-state index in [1.165, 1.54) is 0 Å². The van der Waals surface area contributed by atoms with Crippen LogP contribution in [0.25, 0.3) is 0 Å². The van der Waals surface area contributed by atoms with Gasteiger partial charge in [0.1, 0.15) is 0 Å². The Labute approximate surface area is 210 Å². The molecule has 0 bridgehead atoms. The fourth-order valence-corrected chi connectivity index (χ4v) is 5.19. The Kier molecular flexibility index (Phi) is 7.51. The maximum atomic E-state index is 13.7. The zero-order valence-corrected chi connectivity index (χ0v) is 21.2. The molecule has 0 saturated carbocycles. The summed E-state index contributed by atoms with van der Waals surface area (Å²) in [5.41, 5.74) is 4.23. The highest BCUT2D eigenvalue weighted by Gasteiger charge is 2.42. The molecule has 0 spiro atoms. The number of rotatable bonds is 7. The predicted molar refractivity (Wildman–Crippen MR) is 135 cm³/mol. The molecule has 0 amide bonds. The number of allylic oxidation sites excluding steroid dienone is 3. The first-order valence-electron chi connectivity index (χ1n) is 11.8. The number of carbonyl (C=O) groups is 2. The summed E-state index contributed by atoms with van der Waals surface area (Å²) in [6, 6.07) is 13.1. The number of esters is 1. The number of ketones is 1. The second-order valence-corrected chi connectivity index (χ2v) is 9.20. The lowest BCUT2D eigenvalue weighted by atomic mass is 9.71. The van der Waals surface area contributed by atoms with Crippen LogP contribution in [-0.4, -0.2) is 32.6 Å². The van der Waals surface area contributed by atoms with Crippen molar-refractivity contribution < 1.29 is 23.8 Å². The topological polar surface area (TPSA) is 73.9 Å². The molecule has 6 nitrogen and oxygen atoms in total. The molecule has 0 fully saturated rings. The van der Waals surface area contributed by atoms with E-state index >= 15 is 0 Å². The summed E-state index contributed by atoms with van der Waals surface area (Å²) in [5.74, 6) is 0.201. The van der Waals surface area contributed by atoms with Crippen molar-refractivity contribution in [3.8, 4) is 11.5 Å². The van der Waals surface area contributed by atoms with Gasteiger partial charge in [0.2, 0.25) is 0 Å². The van der Waals surface area contributed by atoms with Gasteiger partial charge in [-0.15, -0.1) is 0 Å². The molecule has 35 heavy (non-hydrogen) atoms. The summed E-state index contributed by atoms with van der Waals surface area (Å²) in [7, 11) is 3.19. The molecule has 7 heteroatoms. The monoisotopic (exact) mass is 495 g/mol. The highest BCUT2D eigenvalue weighted by molar-refractivity contribution is 6.31. The second kappa shape index (κ2) is 10.6. The molecular formula is C28H30ClNO5. The molecule has 1 heterocycles. The fraction of sp³-hybridized carbons (Fsp3) is 0.357. The number of hydrogen-bond donors (Lipinski definition) is 1. The zero-order chi connectivity index (χ0) is 25.1. The lowest BCUT2D eigenvalue weighted by Crippen LogP contribution is -2.36. The largest absolute Gasteiger partial charge is 0.493 e. The van der Waals surface area contributed by atoms with Crippen LogP contribution >= 0.6 is 11.6 Å². The van der Waals surface area contributed by atoms with Crippen molar-refractivity contribution >= 4 is 23.4 Å². The van der Waals surface area contributed by atoms with E-state index in [1.807, 2.05) is 50.2 Å². The van der Waals surface area contributed by atoms with E-state index in [-0.39, 0.29) is 11.7 Å². The molecule has 0 aromatic heterocycles. The van der Waals surface area contributed by atoms with Gasteiger partial charge < -0.3 is 19.5 Å². The lowest BCUT2D eigenvalue weighted by molar-refractivity contribution is -0.139.